The second kappa shape index (κ2) is 9.15. The van der Waals surface area contributed by atoms with Crippen LogP contribution < -0.4 is 5.56 Å². The number of hydrogen-bond donors (Lipinski definition) is 1. The fourth-order valence-corrected chi connectivity index (χ4v) is 3.81. The van der Waals surface area contributed by atoms with Gasteiger partial charge in [-0.1, -0.05) is 54.6 Å². The maximum atomic E-state index is 14.2. The molecule has 1 N–H and O–H groups in total. The van der Waals surface area contributed by atoms with Crippen LogP contribution in [0.4, 0.5) is 4.39 Å². The second-order valence-corrected chi connectivity index (χ2v) is 7.82. The third kappa shape index (κ3) is 4.36. The first kappa shape index (κ1) is 21.3. The lowest BCUT2D eigenvalue weighted by Crippen LogP contribution is -2.31. The van der Waals surface area contributed by atoms with Crippen LogP contribution in [-0.2, 0) is 13.1 Å². The van der Waals surface area contributed by atoms with Crippen LogP contribution in [0.2, 0.25) is 0 Å². The van der Waals surface area contributed by atoms with E-state index in [0.717, 1.165) is 5.56 Å². The zero-order chi connectivity index (χ0) is 23.5. The van der Waals surface area contributed by atoms with E-state index in [-0.39, 0.29) is 35.7 Å². The number of carbonyl (C=O) groups excluding carboxylic acids is 1. The van der Waals surface area contributed by atoms with Crippen LogP contribution in [-0.4, -0.2) is 20.8 Å². The average Bonchev–Trinajstić information content (AvgIpc) is 3.34. The van der Waals surface area contributed by atoms with E-state index in [0.29, 0.717) is 16.7 Å². The molecule has 0 saturated carbocycles. The third-order valence-corrected chi connectivity index (χ3v) is 5.46. The lowest BCUT2D eigenvalue weighted by atomic mass is 10.1. The summed E-state index contributed by atoms with van der Waals surface area (Å²) in [6.45, 7) is 0.329. The minimum Gasteiger partial charge on any atom is -0.451 e. The Labute approximate surface area is 194 Å². The molecule has 0 aliphatic carbocycles. The Balaban J connectivity index is 1.48. The van der Waals surface area contributed by atoms with Gasteiger partial charge in [0.25, 0.3) is 11.5 Å². The molecule has 0 bridgehead atoms. The van der Waals surface area contributed by atoms with E-state index in [9.17, 15) is 14.0 Å². The lowest BCUT2D eigenvalue weighted by Gasteiger charge is -2.21. The number of H-pyrrole nitrogens is 1. The Morgan fingerprint density at radius 2 is 1.62 bits per heavy atom. The molecular formula is C27H20FN3O3. The van der Waals surface area contributed by atoms with Gasteiger partial charge in [-0.05, 0) is 42.0 Å². The molecule has 1 amide bonds. The molecule has 3 aromatic carbocycles. The molecule has 0 saturated heterocycles. The van der Waals surface area contributed by atoms with Crippen LogP contribution in [0.1, 0.15) is 21.9 Å². The van der Waals surface area contributed by atoms with Gasteiger partial charge in [-0.3, -0.25) is 9.59 Å². The van der Waals surface area contributed by atoms with Gasteiger partial charge in [0.05, 0.1) is 23.0 Å². The molecule has 2 aromatic heterocycles. The SMILES string of the molecule is O=C(c1ccc(-c2ccccc2F)o1)N(Cc1ccccc1)Cc1nc2ccccc2c(=O)[nH]1. The smallest absolute Gasteiger partial charge is 0.290 e. The van der Waals surface area contributed by atoms with Crippen molar-refractivity contribution in [2.75, 3.05) is 0 Å². The number of nitrogens with one attached hydrogen (secondary N) is 1. The van der Waals surface area contributed by atoms with Crippen molar-refractivity contribution in [2.24, 2.45) is 0 Å². The summed E-state index contributed by atoms with van der Waals surface area (Å²) in [7, 11) is 0. The molecule has 0 aliphatic rings. The van der Waals surface area contributed by atoms with E-state index in [2.05, 4.69) is 9.97 Å². The number of halogens is 1. The van der Waals surface area contributed by atoms with Crippen LogP contribution in [0.5, 0.6) is 0 Å². The molecule has 6 nitrogen and oxygen atoms in total. The quantitative estimate of drug-likeness (QED) is 0.385. The summed E-state index contributed by atoms with van der Waals surface area (Å²) < 4.78 is 19.9. The van der Waals surface area contributed by atoms with Crippen molar-refractivity contribution >= 4 is 16.8 Å². The number of amides is 1. The predicted octanol–water partition coefficient (Wildman–Crippen LogP) is 5.16. The van der Waals surface area contributed by atoms with Gasteiger partial charge in [-0.25, -0.2) is 9.37 Å². The van der Waals surface area contributed by atoms with E-state index in [1.54, 1.807) is 48.5 Å². The van der Waals surface area contributed by atoms with Gasteiger partial charge in [0.2, 0.25) is 0 Å². The number of rotatable bonds is 6. The summed E-state index contributed by atoms with van der Waals surface area (Å²) >= 11 is 0. The average molecular weight is 453 g/mol. The highest BCUT2D eigenvalue weighted by atomic mass is 19.1. The van der Waals surface area contributed by atoms with E-state index in [1.165, 1.54) is 17.0 Å². The van der Waals surface area contributed by atoms with Gasteiger partial charge >= 0.3 is 0 Å². The van der Waals surface area contributed by atoms with Crippen molar-refractivity contribution in [2.45, 2.75) is 13.1 Å². The van der Waals surface area contributed by atoms with Crippen molar-refractivity contribution in [3.63, 3.8) is 0 Å². The fourth-order valence-electron chi connectivity index (χ4n) is 3.81. The largest absolute Gasteiger partial charge is 0.451 e. The Morgan fingerprint density at radius 1 is 0.882 bits per heavy atom. The van der Waals surface area contributed by atoms with Crippen LogP contribution in [0.15, 0.2) is 100 Å². The molecule has 2 heterocycles. The van der Waals surface area contributed by atoms with Gasteiger partial charge < -0.3 is 14.3 Å². The molecule has 5 aromatic rings. The highest BCUT2D eigenvalue weighted by Crippen LogP contribution is 2.26. The number of fused-ring (bicyclic) bond motifs is 1. The predicted molar refractivity (Wildman–Crippen MR) is 126 cm³/mol. The highest BCUT2D eigenvalue weighted by molar-refractivity contribution is 5.92. The molecule has 34 heavy (non-hydrogen) atoms. The molecule has 5 rings (SSSR count). The van der Waals surface area contributed by atoms with Crippen molar-refractivity contribution in [3.8, 4) is 11.3 Å². The monoisotopic (exact) mass is 453 g/mol. The molecule has 0 fully saturated rings. The molecule has 7 heteroatoms. The molecular weight excluding hydrogens is 433 g/mol. The van der Waals surface area contributed by atoms with Gasteiger partial charge in [0.1, 0.15) is 17.4 Å². The van der Waals surface area contributed by atoms with Crippen molar-refractivity contribution in [3.05, 3.63) is 124 Å². The summed E-state index contributed by atoms with van der Waals surface area (Å²) in [5, 5.41) is 0.479. The van der Waals surface area contributed by atoms with Gasteiger partial charge in [0.15, 0.2) is 5.76 Å². The van der Waals surface area contributed by atoms with Crippen LogP contribution in [0, 0.1) is 5.82 Å². The zero-order valence-electron chi connectivity index (χ0n) is 18.1. The molecule has 0 atom stereocenters. The number of para-hydroxylation sites is 1. The van der Waals surface area contributed by atoms with Crippen molar-refractivity contribution in [1.82, 2.24) is 14.9 Å². The van der Waals surface area contributed by atoms with E-state index in [4.69, 9.17) is 4.42 Å². The van der Waals surface area contributed by atoms with Gasteiger partial charge in [-0.2, -0.15) is 0 Å². The summed E-state index contributed by atoms with van der Waals surface area (Å²) in [6.07, 6.45) is 0. The van der Waals surface area contributed by atoms with E-state index < -0.39 is 11.7 Å². The molecule has 168 valence electrons. The van der Waals surface area contributed by atoms with Crippen molar-refractivity contribution < 1.29 is 13.6 Å². The first-order valence-corrected chi connectivity index (χ1v) is 10.7. The summed E-state index contributed by atoms with van der Waals surface area (Å²) in [4.78, 5) is 34.8. The maximum absolute atomic E-state index is 14.2. The molecule has 0 unspecified atom stereocenters. The Hall–Kier alpha value is -4.52. The Morgan fingerprint density at radius 3 is 2.44 bits per heavy atom. The van der Waals surface area contributed by atoms with Crippen LogP contribution >= 0.6 is 0 Å². The number of aromatic amines is 1. The summed E-state index contributed by atoms with van der Waals surface area (Å²) in [5.74, 6) is -0.151. The minimum absolute atomic E-state index is 0.0591. The van der Waals surface area contributed by atoms with Gasteiger partial charge in [-0.15, -0.1) is 0 Å². The van der Waals surface area contributed by atoms with Crippen LogP contribution in [0.3, 0.4) is 0 Å². The van der Waals surface area contributed by atoms with Crippen LogP contribution in [0.25, 0.3) is 22.2 Å². The van der Waals surface area contributed by atoms with Crippen molar-refractivity contribution in [1.29, 1.82) is 0 Å². The third-order valence-electron chi connectivity index (χ3n) is 5.46. The minimum atomic E-state index is -0.435. The Kier molecular flexibility index (Phi) is 5.74. The topological polar surface area (TPSA) is 79.2 Å². The number of benzene rings is 3. The first-order valence-electron chi connectivity index (χ1n) is 10.7. The number of aromatic nitrogens is 2. The summed E-state index contributed by atoms with van der Waals surface area (Å²) in [6, 6.07) is 25.8. The second-order valence-electron chi connectivity index (χ2n) is 7.82. The maximum Gasteiger partial charge on any atom is 0.290 e. The highest BCUT2D eigenvalue weighted by Gasteiger charge is 2.22. The lowest BCUT2D eigenvalue weighted by molar-refractivity contribution is 0.0694. The summed E-state index contributed by atoms with van der Waals surface area (Å²) in [5.41, 5.74) is 1.46. The van der Waals surface area contributed by atoms with E-state index >= 15 is 0 Å². The molecule has 0 spiro atoms. The Bertz CT molecular complexity index is 1530. The van der Waals surface area contributed by atoms with E-state index in [1.807, 2.05) is 30.3 Å². The zero-order valence-corrected chi connectivity index (χ0v) is 18.1. The first-order chi connectivity index (χ1) is 16.6. The number of furan rings is 1. The molecule has 0 radical (unpaired) electrons. The molecule has 0 aliphatic heterocycles. The standard InChI is InChI=1S/C27H20FN3O3/c28-21-12-6-4-10-19(21)23-14-15-24(34-23)27(33)31(16-18-8-2-1-3-9-18)17-25-29-22-13-7-5-11-20(22)26(32)30-25/h1-15H,16-17H2,(H,29,30,32). The number of carbonyl (C=O) groups is 1. The number of nitrogens with zero attached hydrogens (tertiary/aromatic N) is 2. The van der Waals surface area contributed by atoms with Gasteiger partial charge in [0, 0.05) is 6.54 Å². The fraction of sp³-hybridized carbons (Fsp3) is 0.0741. The normalized spacial score (nSPS) is 11.0. The number of hydrogen-bond acceptors (Lipinski definition) is 4.